The van der Waals surface area contributed by atoms with E-state index in [0.717, 1.165) is 43.3 Å². The summed E-state index contributed by atoms with van der Waals surface area (Å²) in [6.07, 6.45) is 31.2. The van der Waals surface area contributed by atoms with E-state index < -0.39 is 11.6 Å². The summed E-state index contributed by atoms with van der Waals surface area (Å²) >= 11 is 0. The Morgan fingerprint density at radius 1 is 0.595 bits per heavy atom. The Morgan fingerprint density at radius 2 is 0.946 bits per heavy atom. The number of hydrogen-bond acceptors (Lipinski definition) is 2. The highest BCUT2D eigenvalue weighted by Gasteiger charge is 2.29. The summed E-state index contributed by atoms with van der Waals surface area (Å²) in [7, 11) is 4.55. The first-order valence-electron chi connectivity index (χ1n) is 16.4. The van der Waals surface area contributed by atoms with Gasteiger partial charge in [0.05, 0.1) is 20.6 Å². The Hall–Kier alpha value is -0.610. The minimum Gasteiger partial charge on any atom is -0.481 e. The summed E-state index contributed by atoms with van der Waals surface area (Å²) in [5, 5.41) is 19.6. The number of aliphatic carboxylic acids is 1. The first kappa shape index (κ1) is 36.4. The molecule has 0 saturated carbocycles. The highest BCUT2D eigenvalue weighted by atomic mass is 16.4. The number of likely N-dealkylation sites (N-methyl/N-ethyl adjacent to an activating group) is 1. The van der Waals surface area contributed by atoms with Gasteiger partial charge >= 0.3 is 5.97 Å². The molecule has 1 unspecified atom stereocenters. The summed E-state index contributed by atoms with van der Waals surface area (Å²) in [6.45, 7) is 6.33. The Bertz CT molecular complexity index is 504. The number of quaternary nitrogens is 1. The second kappa shape index (κ2) is 24.4. The van der Waals surface area contributed by atoms with Crippen LogP contribution in [-0.4, -0.2) is 53.5 Å². The van der Waals surface area contributed by atoms with Gasteiger partial charge in [-0.2, -0.15) is 0 Å². The molecule has 1 atom stereocenters. The van der Waals surface area contributed by atoms with E-state index in [9.17, 15) is 9.90 Å². The average molecular weight is 527 g/mol. The number of carboxylic acids is 1. The van der Waals surface area contributed by atoms with Gasteiger partial charge in [0.25, 0.3) is 0 Å². The van der Waals surface area contributed by atoms with Crippen molar-refractivity contribution in [2.45, 2.75) is 180 Å². The molecule has 0 fully saturated rings. The lowest BCUT2D eigenvalue weighted by molar-refractivity contribution is -0.896. The third-order valence-corrected chi connectivity index (χ3v) is 7.99. The quantitative estimate of drug-likeness (QED) is 0.0753. The average Bonchev–Trinajstić information content (AvgIpc) is 2.81. The molecule has 0 saturated heterocycles. The van der Waals surface area contributed by atoms with E-state index in [-0.39, 0.29) is 0 Å². The van der Waals surface area contributed by atoms with Crippen LogP contribution in [0.1, 0.15) is 174 Å². The van der Waals surface area contributed by atoms with Crippen LogP contribution in [0.3, 0.4) is 0 Å². The monoisotopic (exact) mass is 527 g/mol. The fraction of sp³-hybridized carbons (Fsp3) is 0.970. The van der Waals surface area contributed by atoms with Crippen LogP contribution in [0.25, 0.3) is 0 Å². The molecular weight excluding hydrogens is 458 g/mol. The van der Waals surface area contributed by atoms with Gasteiger partial charge < -0.3 is 14.7 Å². The highest BCUT2D eigenvalue weighted by molar-refractivity contribution is 5.66. The van der Waals surface area contributed by atoms with Crippen molar-refractivity contribution >= 4 is 5.97 Å². The van der Waals surface area contributed by atoms with E-state index in [1.807, 2.05) is 6.92 Å². The van der Waals surface area contributed by atoms with Gasteiger partial charge in [0.15, 0.2) is 0 Å². The van der Waals surface area contributed by atoms with Crippen molar-refractivity contribution in [3.05, 3.63) is 0 Å². The van der Waals surface area contributed by atoms with Crippen molar-refractivity contribution in [1.82, 2.24) is 0 Å². The number of hydrogen-bond donors (Lipinski definition) is 2. The van der Waals surface area contributed by atoms with Gasteiger partial charge in [-0.05, 0) is 32.6 Å². The van der Waals surface area contributed by atoms with Gasteiger partial charge in [-0.3, -0.25) is 4.79 Å². The maximum absolute atomic E-state index is 11.0. The fourth-order valence-electron chi connectivity index (χ4n) is 5.83. The van der Waals surface area contributed by atoms with Crippen molar-refractivity contribution in [1.29, 1.82) is 0 Å². The van der Waals surface area contributed by atoms with Crippen molar-refractivity contribution in [3.63, 3.8) is 0 Å². The summed E-state index contributed by atoms with van der Waals surface area (Å²) in [6, 6.07) is 0. The molecule has 4 heteroatoms. The molecule has 0 heterocycles. The molecule has 0 aliphatic carbocycles. The smallest absolute Gasteiger partial charge is 0.303 e. The third kappa shape index (κ3) is 28.2. The SMILES string of the molecule is CCCCCCCCCCCCCCCCC(C)(O)C[N+](C)(C)CCCCCCCCCCCC(=O)O. The van der Waals surface area contributed by atoms with Crippen molar-refractivity contribution < 1.29 is 19.5 Å². The number of rotatable bonds is 29. The van der Waals surface area contributed by atoms with Crippen LogP contribution in [0, 0.1) is 0 Å². The van der Waals surface area contributed by atoms with E-state index >= 15 is 0 Å². The largest absolute Gasteiger partial charge is 0.481 e. The van der Waals surface area contributed by atoms with Crippen molar-refractivity contribution in [2.75, 3.05) is 27.2 Å². The van der Waals surface area contributed by atoms with Crippen LogP contribution in [0.4, 0.5) is 0 Å². The standard InChI is InChI=1S/C33H67NO3/c1-5-6-7-8-9-10-11-12-13-14-17-20-23-26-29-33(2,37)31-34(3,4)30-27-24-21-18-15-16-19-22-25-28-32(35)36/h37H,5-31H2,1-4H3/p+1. The second-order valence-electron chi connectivity index (χ2n) is 13.0. The normalized spacial score (nSPS) is 13.6. The van der Waals surface area contributed by atoms with E-state index in [1.54, 1.807) is 0 Å². The second-order valence-corrected chi connectivity index (χ2v) is 13.0. The van der Waals surface area contributed by atoms with Gasteiger partial charge in [-0.15, -0.1) is 0 Å². The Morgan fingerprint density at radius 3 is 1.35 bits per heavy atom. The zero-order chi connectivity index (χ0) is 27.7. The maximum atomic E-state index is 11.0. The van der Waals surface area contributed by atoms with Gasteiger partial charge in [-0.1, -0.05) is 135 Å². The van der Waals surface area contributed by atoms with E-state index in [4.69, 9.17) is 5.11 Å². The summed E-state index contributed by atoms with van der Waals surface area (Å²) in [5.74, 6) is -0.669. The van der Waals surface area contributed by atoms with Gasteiger partial charge in [0, 0.05) is 6.42 Å². The van der Waals surface area contributed by atoms with Crippen LogP contribution in [0.2, 0.25) is 0 Å². The minimum atomic E-state index is -0.669. The molecule has 0 amide bonds. The van der Waals surface area contributed by atoms with Crippen LogP contribution < -0.4 is 0 Å². The molecule has 4 nitrogen and oxygen atoms in total. The van der Waals surface area contributed by atoms with Crippen molar-refractivity contribution in [2.24, 2.45) is 0 Å². The van der Waals surface area contributed by atoms with Crippen LogP contribution in [-0.2, 0) is 4.79 Å². The molecule has 0 aliphatic heterocycles. The molecule has 0 radical (unpaired) electrons. The molecule has 0 aromatic carbocycles. The number of nitrogens with zero attached hydrogens (tertiary/aromatic N) is 1. The van der Waals surface area contributed by atoms with Gasteiger partial charge in [0.2, 0.25) is 0 Å². The maximum Gasteiger partial charge on any atom is 0.303 e. The molecule has 0 aliphatic rings. The Balaban J connectivity index is 3.59. The minimum absolute atomic E-state index is 0.320. The predicted octanol–water partition coefficient (Wildman–Crippen LogP) is 9.67. The van der Waals surface area contributed by atoms with E-state index in [0.29, 0.717) is 6.42 Å². The molecule has 222 valence electrons. The predicted molar refractivity (Wildman–Crippen MR) is 161 cm³/mol. The van der Waals surface area contributed by atoms with E-state index in [1.165, 1.54) is 128 Å². The fourth-order valence-corrected chi connectivity index (χ4v) is 5.83. The third-order valence-electron chi connectivity index (χ3n) is 7.99. The number of carbonyl (C=O) groups is 1. The zero-order valence-corrected chi connectivity index (χ0v) is 25.8. The highest BCUT2D eigenvalue weighted by Crippen LogP contribution is 2.21. The number of unbranched alkanes of at least 4 members (excludes halogenated alkanes) is 21. The first-order valence-corrected chi connectivity index (χ1v) is 16.4. The van der Waals surface area contributed by atoms with E-state index in [2.05, 4.69) is 21.0 Å². The molecule has 0 aromatic rings. The zero-order valence-electron chi connectivity index (χ0n) is 25.8. The summed E-state index contributed by atoms with van der Waals surface area (Å²) < 4.78 is 0.912. The molecule has 2 N–H and O–H groups in total. The lowest BCUT2D eigenvalue weighted by Gasteiger charge is -2.36. The Kier molecular flexibility index (Phi) is 24.0. The van der Waals surface area contributed by atoms with Crippen LogP contribution in [0.5, 0.6) is 0 Å². The first-order chi connectivity index (χ1) is 17.7. The molecule has 0 rings (SSSR count). The molecule has 37 heavy (non-hydrogen) atoms. The molecule has 0 bridgehead atoms. The summed E-state index contributed by atoms with van der Waals surface area (Å²) in [5.41, 5.74) is -0.554. The topological polar surface area (TPSA) is 57.5 Å². The van der Waals surface area contributed by atoms with Gasteiger partial charge in [0.1, 0.15) is 12.1 Å². The molecule has 0 spiro atoms. The number of aliphatic hydroxyl groups is 1. The molecular formula is C33H68NO3+. The summed E-state index contributed by atoms with van der Waals surface area (Å²) in [4.78, 5) is 10.5. The number of carboxylic acid groups (broad SMARTS) is 1. The Labute approximate surface area is 232 Å². The lowest BCUT2D eigenvalue weighted by atomic mass is 9.96. The van der Waals surface area contributed by atoms with Crippen LogP contribution >= 0.6 is 0 Å². The van der Waals surface area contributed by atoms with Gasteiger partial charge in [-0.25, -0.2) is 0 Å². The van der Waals surface area contributed by atoms with Crippen LogP contribution in [0.15, 0.2) is 0 Å². The lowest BCUT2D eigenvalue weighted by Crippen LogP contribution is -2.50. The van der Waals surface area contributed by atoms with Crippen molar-refractivity contribution in [3.8, 4) is 0 Å². The molecule has 0 aromatic heterocycles.